The van der Waals surface area contributed by atoms with Crippen molar-refractivity contribution in [3.8, 4) is 0 Å². The maximum absolute atomic E-state index is 9.97. The fraction of sp³-hybridized carbons (Fsp3) is 0.571. The standard InChI is InChI=1S/C14H20BrNO/c15-12-6-3-7-13(9-12)16-10-14(17)8-11-4-1-2-5-11/h3,6-7,9,11,14,16-17H,1-2,4-5,8,10H2. The Morgan fingerprint density at radius 1 is 1.35 bits per heavy atom. The average molecular weight is 298 g/mol. The molecule has 0 spiro atoms. The summed E-state index contributed by atoms with van der Waals surface area (Å²) in [5, 5.41) is 13.2. The number of nitrogens with one attached hydrogen (secondary N) is 1. The molecule has 1 atom stereocenters. The quantitative estimate of drug-likeness (QED) is 0.866. The van der Waals surface area contributed by atoms with E-state index in [1.54, 1.807) is 0 Å². The smallest absolute Gasteiger partial charge is 0.0715 e. The minimum atomic E-state index is -0.225. The van der Waals surface area contributed by atoms with Crippen LogP contribution < -0.4 is 5.32 Å². The number of halogens is 1. The van der Waals surface area contributed by atoms with Gasteiger partial charge in [-0.2, -0.15) is 0 Å². The Kier molecular flexibility index (Phi) is 4.86. The molecule has 1 aromatic rings. The molecule has 0 aromatic heterocycles. The van der Waals surface area contributed by atoms with E-state index >= 15 is 0 Å². The molecule has 17 heavy (non-hydrogen) atoms. The first kappa shape index (κ1) is 12.9. The zero-order valence-corrected chi connectivity index (χ0v) is 11.6. The van der Waals surface area contributed by atoms with Gasteiger partial charge in [-0.1, -0.05) is 47.7 Å². The molecule has 0 saturated heterocycles. The van der Waals surface area contributed by atoms with Crippen LogP contribution in [0.1, 0.15) is 32.1 Å². The minimum absolute atomic E-state index is 0.225. The summed E-state index contributed by atoms with van der Waals surface area (Å²) in [4.78, 5) is 0. The summed E-state index contributed by atoms with van der Waals surface area (Å²) in [6.07, 6.45) is 6.01. The molecular weight excluding hydrogens is 278 g/mol. The van der Waals surface area contributed by atoms with Gasteiger partial charge in [0.15, 0.2) is 0 Å². The number of anilines is 1. The van der Waals surface area contributed by atoms with E-state index in [0.29, 0.717) is 6.54 Å². The summed E-state index contributed by atoms with van der Waals surface area (Å²) in [6, 6.07) is 8.05. The normalized spacial score (nSPS) is 18.2. The first-order chi connectivity index (χ1) is 8.24. The topological polar surface area (TPSA) is 32.3 Å². The van der Waals surface area contributed by atoms with Crippen molar-refractivity contribution in [1.29, 1.82) is 0 Å². The molecule has 1 aliphatic rings. The lowest BCUT2D eigenvalue weighted by molar-refractivity contribution is 0.155. The lowest BCUT2D eigenvalue weighted by atomic mass is 10.00. The van der Waals surface area contributed by atoms with E-state index in [1.165, 1.54) is 25.7 Å². The van der Waals surface area contributed by atoms with Crippen LogP contribution in [-0.2, 0) is 0 Å². The Hall–Kier alpha value is -0.540. The molecular formula is C14H20BrNO. The van der Waals surface area contributed by atoms with Gasteiger partial charge in [0, 0.05) is 16.7 Å². The molecule has 1 saturated carbocycles. The van der Waals surface area contributed by atoms with Gasteiger partial charge in [0.25, 0.3) is 0 Å². The lowest BCUT2D eigenvalue weighted by Gasteiger charge is -2.16. The monoisotopic (exact) mass is 297 g/mol. The Balaban J connectivity index is 1.73. The third-order valence-electron chi connectivity index (χ3n) is 3.45. The van der Waals surface area contributed by atoms with Gasteiger partial charge in [0.05, 0.1) is 6.10 Å². The van der Waals surface area contributed by atoms with E-state index in [9.17, 15) is 5.11 Å². The Morgan fingerprint density at radius 3 is 2.82 bits per heavy atom. The van der Waals surface area contributed by atoms with E-state index in [-0.39, 0.29) is 6.10 Å². The molecule has 1 fully saturated rings. The fourth-order valence-electron chi connectivity index (χ4n) is 2.55. The van der Waals surface area contributed by atoms with Crippen LogP contribution in [0.3, 0.4) is 0 Å². The summed E-state index contributed by atoms with van der Waals surface area (Å²) in [6.45, 7) is 0.646. The average Bonchev–Trinajstić information content (AvgIpc) is 2.79. The van der Waals surface area contributed by atoms with Crippen LogP contribution in [0.15, 0.2) is 28.7 Å². The molecule has 0 amide bonds. The zero-order valence-electron chi connectivity index (χ0n) is 10.0. The number of rotatable bonds is 5. The van der Waals surface area contributed by atoms with Crippen LogP contribution in [0.2, 0.25) is 0 Å². The second-order valence-corrected chi connectivity index (χ2v) is 5.85. The third-order valence-corrected chi connectivity index (χ3v) is 3.94. The first-order valence-electron chi connectivity index (χ1n) is 6.41. The van der Waals surface area contributed by atoms with Crippen LogP contribution in [-0.4, -0.2) is 17.8 Å². The maximum Gasteiger partial charge on any atom is 0.0715 e. The summed E-state index contributed by atoms with van der Waals surface area (Å²) < 4.78 is 1.06. The van der Waals surface area contributed by atoms with Gasteiger partial charge in [-0.15, -0.1) is 0 Å². The van der Waals surface area contributed by atoms with Crippen LogP contribution in [0.5, 0.6) is 0 Å². The first-order valence-corrected chi connectivity index (χ1v) is 7.21. The van der Waals surface area contributed by atoms with Crippen LogP contribution in [0.25, 0.3) is 0 Å². The van der Waals surface area contributed by atoms with Gasteiger partial charge >= 0.3 is 0 Å². The highest BCUT2D eigenvalue weighted by Crippen LogP contribution is 2.28. The van der Waals surface area contributed by atoms with E-state index < -0.39 is 0 Å². The molecule has 1 unspecified atom stereocenters. The van der Waals surface area contributed by atoms with Crippen molar-refractivity contribution < 1.29 is 5.11 Å². The summed E-state index contributed by atoms with van der Waals surface area (Å²) in [7, 11) is 0. The minimum Gasteiger partial charge on any atom is -0.391 e. The van der Waals surface area contributed by atoms with Crippen molar-refractivity contribution in [2.24, 2.45) is 5.92 Å². The molecule has 0 aliphatic heterocycles. The molecule has 0 bridgehead atoms. The molecule has 3 heteroatoms. The summed E-state index contributed by atoms with van der Waals surface area (Å²) in [5.41, 5.74) is 1.06. The maximum atomic E-state index is 9.97. The Morgan fingerprint density at radius 2 is 2.12 bits per heavy atom. The molecule has 2 nitrogen and oxygen atoms in total. The largest absolute Gasteiger partial charge is 0.391 e. The second-order valence-electron chi connectivity index (χ2n) is 4.93. The van der Waals surface area contributed by atoms with Crippen molar-refractivity contribution >= 4 is 21.6 Å². The highest BCUT2D eigenvalue weighted by atomic mass is 79.9. The highest BCUT2D eigenvalue weighted by molar-refractivity contribution is 9.10. The summed E-state index contributed by atoms with van der Waals surface area (Å²) in [5.74, 6) is 0.745. The fourth-order valence-corrected chi connectivity index (χ4v) is 2.95. The predicted molar refractivity (Wildman–Crippen MR) is 75.2 cm³/mol. The molecule has 2 rings (SSSR count). The van der Waals surface area contributed by atoms with Crippen molar-refractivity contribution in [1.82, 2.24) is 0 Å². The number of aliphatic hydroxyl groups excluding tert-OH is 1. The number of hydrogen-bond donors (Lipinski definition) is 2. The van der Waals surface area contributed by atoms with Crippen LogP contribution in [0, 0.1) is 5.92 Å². The van der Waals surface area contributed by atoms with Crippen molar-refractivity contribution in [2.75, 3.05) is 11.9 Å². The number of aliphatic hydroxyl groups is 1. The number of benzene rings is 1. The Labute approximate surface area is 112 Å². The highest BCUT2D eigenvalue weighted by Gasteiger charge is 2.18. The molecule has 94 valence electrons. The number of hydrogen-bond acceptors (Lipinski definition) is 2. The van der Waals surface area contributed by atoms with Gasteiger partial charge < -0.3 is 10.4 Å². The van der Waals surface area contributed by atoms with Gasteiger partial charge in [-0.3, -0.25) is 0 Å². The molecule has 0 radical (unpaired) electrons. The lowest BCUT2D eigenvalue weighted by Crippen LogP contribution is -2.21. The van der Waals surface area contributed by atoms with Gasteiger partial charge in [0.2, 0.25) is 0 Å². The molecule has 2 N–H and O–H groups in total. The van der Waals surface area contributed by atoms with Crippen molar-refractivity contribution in [3.05, 3.63) is 28.7 Å². The second kappa shape index (κ2) is 6.41. The van der Waals surface area contributed by atoms with Gasteiger partial charge in [-0.25, -0.2) is 0 Å². The third kappa shape index (κ3) is 4.32. The van der Waals surface area contributed by atoms with Crippen LogP contribution >= 0.6 is 15.9 Å². The van der Waals surface area contributed by atoms with E-state index in [0.717, 1.165) is 22.5 Å². The molecule has 1 aliphatic carbocycles. The van der Waals surface area contributed by atoms with Crippen molar-refractivity contribution in [3.63, 3.8) is 0 Å². The predicted octanol–water partition coefficient (Wildman–Crippen LogP) is 3.80. The van der Waals surface area contributed by atoms with Gasteiger partial charge in [0.1, 0.15) is 0 Å². The Bertz CT molecular complexity index is 350. The van der Waals surface area contributed by atoms with E-state index in [1.807, 2.05) is 24.3 Å². The molecule has 0 heterocycles. The molecule has 1 aromatic carbocycles. The SMILES string of the molecule is OC(CNc1cccc(Br)c1)CC1CCCC1. The van der Waals surface area contributed by atoms with Crippen molar-refractivity contribution in [2.45, 2.75) is 38.2 Å². The van der Waals surface area contributed by atoms with Crippen LogP contribution in [0.4, 0.5) is 5.69 Å². The van der Waals surface area contributed by atoms with E-state index in [4.69, 9.17) is 0 Å². The zero-order chi connectivity index (χ0) is 12.1. The van der Waals surface area contributed by atoms with E-state index in [2.05, 4.69) is 21.2 Å². The van der Waals surface area contributed by atoms with Gasteiger partial charge in [-0.05, 0) is 30.5 Å². The summed E-state index contributed by atoms with van der Waals surface area (Å²) >= 11 is 3.44.